The van der Waals surface area contributed by atoms with E-state index in [4.69, 9.17) is 4.42 Å². The smallest absolute Gasteiger partial charge is 0.289 e. The summed E-state index contributed by atoms with van der Waals surface area (Å²) in [6, 6.07) is 7.77. The van der Waals surface area contributed by atoms with Crippen LogP contribution in [0, 0.1) is 6.92 Å². The monoisotopic (exact) mass is 321 g/mol. The molecule has 2 aromatic heterocycles. The Balaban J connectivity index is 1.60. The fourth-order valence-electron chi connectivity index (χ4n) is 3.45. The van der Waals surface area contributed by atoms with Crippen molar-refractivity contribution in [2.45, 2.75) is 25.7 Å². The van der Waals surface area contributed by atoms with Crippen LogP contribution in [-0.4, -0.2) is 33.9 Å². The Labute approximate surface area is 140 Å². The zero-order valence-corrected chi connectivity index (χ0v) is 13.6. The number of aromatic nitrogens is 2. The lowest BCUT2D eigenvalue weighted by molar-refractivity contribution is 0.0675. The van der Waals surface area contributed by atoms with Crippen molar-refractivity contribution in [3.63, 3.8) is 0 Å². The van der Waals surface area contributed by atoms with Crippen LogP contribution in [0.5, 0.6) is 0 Å². The fraction of sp³-hybridized carbons (Fsp3) is 0.316. The number of para-hydroxylation sites is 1. The van der Waals surface area contributed by atoms with Gasteiger partial charge < -0.3 is 9.32 Å². The molecule has 0 bridgehead atoms. The van der Waals surface area contributed by atoms with Crippen molar-refractivity contribution in [1.82, 2.24) is 14.9 Å². The molecule has 3 heterocycles. The highest BCUT2D eigenvalue weighted by Gasteiger charge is 2.29. The summed E-state index contributed by atoms with van der Waals surface area (Å²) in [5.74, 6) is 0.661. The topological polar surface area (TPSA) is 59.2 Å². The minimum Gasteiger partial charge on any atom is -0.451 e. The molecule has 1 aromatic carbocycles. The fourth-order valence-corrected chi connectivity index (χ4v) is 3.45. The number of nitrogens with zero attached hydrogens (tertiary/aromatic N) is 3. The van der Waals surface area contributed by atoms with Crippen LogP contribution < -0.4 is 0 Å². The molecule has 5 nitrogen and oxygen atoms in total. The van der Waals surface area contributed by atoms with Crippen molar-refractivity contribution in [2.75, 3.05) is 13.1 Å². The van der Waals surface area contributed by atoms with E-state index in [9.17, 15) is 4.79 Å². The first-order valence-electron chi connectivity index (χ1n) is 8.27. The van der Waals surface area contributed by atoms with E-state index < -0.39 is 0 Å². The Morgan fingerprint density at radius 3 is 2.96 bits per heavy atom. The minimum absolute atomic E-state index is 0.0303. The largest absolute Gasteiger partial charge is 0.451 e. The van der Waals surface area contributed by atoms with Crippen molar-refractivity contribution >= 4 is 16.9 Å². The highest BCUT2D eigenvalue weighted by atomic mass is 16.3. The molecule has 1 saturated heterocycles. The van der Waals surface area contributed by atoms with E-state index in [2.05, 4.69) is 9.97 Å². The summed E-state index contributed by atoms with van der Waals surface area (Å²) in [6.07, 6.45) is 7.17. The van der Waals surface area contributed by atoms with Crippen LogP contribution in [0.3, 0.4) is 0 Å². The lowest BCUT2D eigenvalue weighted by atomic mass is 9.94. The highest BCUT2D eigenvalue weighted by molar-refractivity contribution is 5.99. The Hall–Kier alpha value is -2.69. The summed E-state index contributed by atoms with van der Waals surface area (Å²) in [5, 5.41) is 1.00. The van der Waals surface area contributed by atoms with E-state index in [1.165, 1.54) is 0 Å². The van der Waals surface area contributed by atoms with Crippen molar-refractivity contribution < 1.29 is 9.21 Å². The number of fused-ring (bicyclic) bond motifs is 1. The first-order chi connectivity index (χ1) is 11.7. The van der Waals surface area contributed by atoms with Gasteiger partial charge >= 0.3 is 0 Å². The van der Waals surface area contributed by atoms with Gasteiger partial charge in [-0.1, -0.05) is 18.2 Å². The maximum absolute atomic E-state index is 13.0. The Kier molecular flexibility index (Phi) is 3.76. The first kappa shape index (κ1) is 14.9. The van der Waals surface area contributed by atoms with Crippen LogP contribution in [0.1, 0.15) is 40.6 Å². The molecule has 5 heteroatoms. The number of piperidine rings is 1. The molecular weight excluding hydrogens is 302 g/mol. The van der Waals surface area contributed by atoms with Gasteiger partial charge in [0.2, 0.25) is 0 Å². The van der Waals surface area contributed by atoms with Crippen LogP contribution in [0.2, 0.25) is 0 Å². The maximum atomic E-state index is 13.0. The lowest BCUT2D eigenvalue weighted by Crippen LogP contribution is -2.39. The molecule has 122 valence electrons. The Morgan fingerprint density at radius 1 is 1.29 bits per heavy atom. The Morgan fingerprint density at radius 2 is 2.17 bits per heavy atom. The number of aryl methyl sites for hydroxylation is 1. The molecule has 0 spiro atoms. The van der Waals surface area contributed by atoms with E-state index in [-0.39, 0.29) is 11.8 Å². The van der Waals surface area contributed by atoms with E-state index >= 15 is 0 Å². The molecule has 1 aliphatic heterocycles. The number of rotatable bonds is 2. The molecule has 1 amide bonds. The zero-order chi connectivity index (χ0) is 16.5. The third-order valence-corrected chi connectivity index (χ3v) is 4.75. The summed E-state index contributed by atoms with van der Waals surface area (Å²) in [5.41, 5.74) is 2.63. The number of hydrogen-bond acceptors (Lipinski definition) is 4. The summed E-state index contributed by atoms with van der Waals surface area (Å²) >= 11 is 0. The molecule has 0 unspecified atom stereocenters. The third-order valence-electron chi connectivity index (χ3n) is 4.75. The van der Waals surface area contributed by atoms with Gasteiger partial charge in [0.15, 0.2) is 5.76 Å². The van der Waals surface area contributed by atoms with Gasteiger partial charge in [0, 0.05) is 48.5 Å². The first-order valence-corrected chi connectivity index (χ1v) is 8.27. The summed E-state index contributed by atoms with van der Waals surface area (Å²) < 4.78 is 5.84. The van der Waals surface area contributed by atoms with Gasteiger partial charge in [0.25, 0.3) is 5.91 Å². The van der Waals surface area contributed by atoms with E-state index in [0.29, 0.717) is 12.3 Å². The second-order valence-corrected chi connectivity index (χ2v) is 6.27. The maximum Gasteiger partial charge on any atom is 0.289 e. The van der Waals surface area contributed by atoms with Crippen LogP contribution in [0.4, 0.5) is 0 Å². The van der Waals surface area contributed by atoms with Gasteiger partial charge in [-0.3, -0.25) is 14.8 Å². The zero-order valence-electron chi connectivity index (χ0n) is 13.6. The van der Waals surface area contributed by atoms with Gasteiger partial charge in [-0.25, -0.2) is 0 Å². The lowest BCUT2D eigenvalue weighted by Gasteiger charge is -2.31. The van der Waals surface area contributed by atoms with Crippen molar-refractivity contribution in [2.24, 2.45) is 0 Å². The van der Waals surface area contributed by atoms with Crippen LogP contribution in [-0.2, 0) is 0 Å². The van der Waals surface area contributed by atoms with Crippen LogP contribution in [0.15, 0.2) is 47.3 Å². The van der Waals surface area contributed by atoms with Crippen molar-refractivity contribution in [3.05, 3.63) is 59.9 Å². The molecule has 0 radical (unpaired) electrons. The molecule has 0 aliphatic carbocycles. The minimum atomic E-state index is -0.0303. The Bertz CT molecular complexity index is 873. The summed E-state index contributed by atoms with van der Waals surface area (Å²) in [7, 11) is 0. The van der Waals surface area contributed by atoms with Crippen LogP contribution >= 0.6 is 0 Å². The second-order valence-electron chi connectivity index (χ2n) is 6.27. The van der Waals surface area contributed by atoms with Crippen LogP contribution in [0.25, 0.3) is 11.0 Å². The van der Waals surface area contributed by atoms with Gasteiger partial charge in [0.1, 0.15) is 5.58 Å². The SMILES string of the molecule is Cc1c(C(=O)N2CCC[C@H](c3cnccn3)C2)oc2ccccc12. The number of carbonyl (C=O) groups excluding carboxylic acids is 1. The molecule has 1 atom stereocenters. The quantitative estimate of drug-likeness (QED) is 0.724. The predicted octanol–water partition coefficient (Wildman–Crippen LogP) is 3.55. The molecule has 0 saturated carbocycles. The number of hydrogen-bond donors (Lipinski definition) is 0. The molecule has 4 rings (SSSR count). The van der Waals surface area contributed by atoms with E-state index in [1.54, 1.807) is 18.6 Å². The van der Waals surface area contributed by atoms with Crippen molar-refractivity contribution in [1.29, 1.82) is 0 Å². The molecule has 1 fully saturated rings. The molecular formula is C19H19N3O2. The van der Waals surface area contributed by atoms with Crippen molar-refractivity contribution in [3.8, 4) is 0 Å². The van der Waals surface area contributed by atoms with Gasteiger partial charge in [-0.05, 0) is 25.8 Å². The number of furan rings is 1. The molecule has 24 heavy (non-hydrogen) atoms. The average molecular weight is 321 g/mol. The predicted molar refractivity (Wildman–Crippen MR) is 90.9 cm³/mol. The van der Waals surface area contributed by atoms with Gasteiger partial charge in [-0.2, -0.15) is 0 Å². The van der Waals surface area contributed by atoms with Gasteiger partial charge in [0.05, 0.1) is 5.69 Å². The number of carbonyl (C=O) groups is 1. The third kappa shape index (κ3) is 2.56. The number of amides is 1. The standard InChI is InChI=1S/C19H19N3O2/c1-13-15-6-2-3-7-17(15)24-18(13)19(23)22-10-4-5-14(12-22)16-11-20-8-9-21-16/h2-3,6-9,11,14H,4-5,10,12H2,1H3/t14-/m0/s1. The van der Waals surface area contributed by atoms with Gasteiger partial charge in [-0.15, -0.1) is 0 Å². The average Bonchev–Trinajstić information content (AvgIpc) is 2.99. The highest BCUT2D eigenvalue weighted by Crippen LogP contribution is 2.29. The molecule has 1 aliphatic rings. The number of benzene rings is 1. The molecule has 3 aromatic rings. The molecule has 0 N–H and O–H groups in total. The number of likely N-dealkylation sites (tertiary alicyclic amines) is 1. The van der Waals surface area contributed by atoms with E-state index in [1.807, 2.05) is 36.1 Å². The van der Waals surface area contributed by atoms with E-state index in [0.717, 1.165) is 41.6 Å². The normalized spacial score (nSPS) is 18.0. The second kappa shape index (κ2) is 6.07. The summed E-state index contributed by atoms with van der Waals surface area (Å²) in [4.78, 5) is 23.4. The summed E-state index contributed by atoms with van der Waals surface area (Å²) in [6.45, 7) is 3.36.